The van der Waals surface area contributed by atoms with Crippen molar-refractivity contribution in [2.45, 2.75) is 26.1 Å². The maximum Gasteiger partial charge on any atom is 0.416 e. The zero-order chi connectivity index (χ0) is 13.9. The molecule has 0 radical (unpaired) electrons. The van der Waals surface area contributed by atoms with E-state index in [0.717, 1.165) is 12.1 Å². The second-order valence-corrected chi connectivity index (χ2v) is 3.62. The number of carbonyl (C=O) groups excluding carboxylic acids is 1. The Kier molecular flexibility index (Phi) is 4.26. The predicted octanol–water partition coefficient (Wildman–Crippen LogP) is 3.44. The number of rotatable bonds is 4. The summed E-state index contributed by atoms with van der Waals surface area (Å²) < 4.78 is 65.4. The molecule has 1 rings (SSSR count). The summed E-state index contributed by atoms with van der Waals surface area (Å²) in [5.41, 5.74) is -1.15. The van der Waals surface area contributed by atoms with E-state index in [4.69, 9.17) is 0 Å². The molecule has 0 fully saturated rings. The molecule has 0 saturated heterocycles. The molecular weight excluding hydrogens is 259 g/mol. The Morgan fingerprint density at radius 2 is 1.89 bits per heavy atom. The number of Topliss-reactive ketones (excluding diaryl/α,β-unsaturated/α-hetero) is 1. The molecule has 0 aliphatic carbocycles. The van der Waals surface area contributed by atoms with Crippen molar-refractivity contribution >= 4 is 5.78 Å². The third-order valence-electron chi connectivity index (χ3n) is 1.97. The fourth-order valence-corrected chi connectivity index (χ4v) is 1.38. The number of alkyl halides is 5. The topological polar surface area (TPSA) is 26.3 Å². The second-order valence-electron chi connectivity index (χ2n) is 3.62. The van der Waals surface area contributed by atoms with Crippen LogP contribution in [-0.2, 0) is 17.4 Å². The summed E-state index contributed by atoms with van der Waals surface area (Å²) in [5.74, 6) is -0.992. The van der Waals surface area contributed by atoms with Gasteiger partial charge in [0.25, 0.3) is 0 Å². The van der Waals surface area contributed by atoms with E-state index < -0.39 is 24.1 Å². The molecule has 0 bridgehead atoms. The first kappa shape index (κ1) is 14.4. The van der Waals surface area contributed by atoms with Crippen molar-refractivity contribution in [2.75, 3.05) is 0 Å². The van der Waals surface area contributed by atoms with Crippen molar-refractivity contribution < 1.29 is 31.5 Å². The Morgan fingerprint density at radius 3 is 2.33 bits per heavy atom. The molecule has 0 N–H and O–H groups in total. The Bertz CT molecular complexity index is 440. The summed E-state index contributed by atoms with van der Waals surface area (Å²) in [6.45, 7) is -2.04. The highest BCUT2D eigenvalue weighted by molar-refractivity contribution is 5.78. The van der Waals surface area contributed by atoms with Gasteiger partial charge in [0.2, 0.25) is 0 Å². The van der Waals surface area contributed by atoms with Crippen LogP contribution in [0.25, 0.3) is 0 Å². The van der Waals surface area contributed by atoms with E-state index >= 15 is 0 Å². The molecule has 0 spiro atoms. The van der Waals surface area contributed by atoms with Crippen LogP contribution in [0.3, 0.4) is 0 Å². The summed E-state index contributed by atoms with van der Waals surface area (Å²) in [6, 6.07) is 2.19. The minimum Gasteiger partial charge on any atom is -0.435 e. The van der Waals surface area contributed by atoms with Crippen LogP contribution in [0.2, 0.25) is 0 Å². The van der Waals surface area contributed by atoms with Gasteiger partial charge in [-0.2, -0.15) is 22.0 Å². The molecule has 0 saturated carbocycles. The van der Waals surface area contributed by atoms with Crippen LogP contribution in [0.5, 0.6) is 5.75 Å². The molecule has 0 aliphatic heterocycles. The molecule has 7 heteroatoms. The lowest BCUT2D eigenvalue weighted by molar-refractivity contribution is -0.138. The maximum atomic E-state index is 12.5. The van der Waals surface area contributed by atoms with Crippen molar-refractivity contribution in [1.29, 1.82) is 0 Å². The van der Waals surface area contributed by atoms with Crippen molar-refractivity contribution in [3.8, 4) is 5.75 Å². The van der Waals surface area contributed by atoms with Crippen molar-refractivity contribution in [2.24, 2.45) is 0 Å². The first-order valence-corrected chi connectivity index (χ1v) is 4.84. The molecule has 0 aliphatic rings. The highest BCUT2D eigenvalue weighted by Gasteiger charge is 2.31. The van der Waals surface area contributed by atoms with Crippen molar-refractivity contribution in [3.63, 3.8) is 0 Å². The third-order valence-corrected chi connectivity index (χ3v) is 1.97. The SMILES string of the molecule is CC(=O)Cc1cc(OC(F)F)cc(C(F)(F)F)c1. The minimum atomic E-state index is -4.69. The summed E-state index contributed by atoms with van der Waals surface area (Å²) in [6.07, 6.45) is -4.96. The molecule has 1 aromatic rings. The van der Waals surface area contributed by atoms with E-state index in [1.54, 1.807) is 0 Å². The van der Waals surface area contributed by atoms with E-state index in [9.17, 15) is 26.7 Å². The van der Waals surface area contributed by atoms with E-state index in [1.807, 2.05) is 0 Å². The Balaban J connectivity index is 3.15. The van der Waals surface area contributed by atoms with Crippen LogP contribution in [0.15, 0.2) is 18.2 Å². The number of hydrogen-bond acceptors (Lipinski definition) is 2. The molecule has 0 amide bonds. The lowest BCUT2D eigenvalue weighted by Gasteiger charge is -2.12. The molecule has 0 aromatic heterocycles. The number of halogens is 5. The van der Waals surface area contributed by atoms with Crippen LogP contribution in [0.4, 0.5) is 22.0 Å². The monoisotopic (exact) mass is 268 g/mol. The van der Waals surface area contributed by atoms with E-state index in [0.29, 0.717) is 6.07 Å². The zero-order valence-electron chi connectivity index (χ0n) is 9.22. The number of carbonyl (C=O) groups is 1. The summed E-state index contributed by atoms with van der Waals surface area (Å²) in [5, 5.41) is 0. The van der Waals surface area contributed by atoms with Crippen LogP contribution in [0, 0.1) is 0 Å². The predicted molar refractivity (Wildman–Crippen MR) is 52.5 cm³/mol. The molecule has 0 unspecified atom stereocenters. The Hall–Kier alpha value is -1.66. The molecule has 0 atom stereocenters. The van der Waals surface area contributed by atoms with Crippen LogP contribution in [0.1, 0.15) is 18.1 Å². The van der Waals surface area contributed by atoms with E-state index in [2.05, 4.69) is 4.74 Å². The number of ketones is 1. The van der Waals surface area contributed by atoms with Crippen LogP contribution >= 0.6 is 0 Å². The molecule has 18 heavy (non-hydrogen) atoms. The van der Waals surface area contributed by atoms with Gasteiger partial charge < -0.3 is 4.74 Å². The van der Waals surface area contributed by atoms with Gasteiger partial charge in [0.1, 0.15) is 11.5 Å². The molecule has 0 heterocycles. The molecule has 100 valence electrons. The Morgan fingerprint density at radius 1 is 1.28 bits per heavy atom. The van der Waals surface area contributed by atoms with E-state index in [1.165, 1.54) is 6.92 Å². The summed E-state index contributed by atoms with van der Waals surface area (Å²) >= 11 is 0. The normalized spacial score (nSPS) is 11.7. The van der Waals surface area contributed by atoms with Gasteiger partial charge in [0, 0.05) is 6.42 Å². The summed E-state index contributed by atoms with van der Waals surface area (Å²) in [4.78, 5) is 10.8. The first-order chi connectivity index (χ1) is 8.18. The number of benzene rings is 1. The average molecular weight is 268 g/mol. The number of ether oxygens (including phenoxy) is 1. The lowest BCUT2D eigenvalue weighted by Crippen LogP contribution is -2.09. The van der Waals surface area contributed by atoms with Gasteiger partial charge in [-0.1, -0.05) is 0 Å². The van der Waals surface area contributed by atoms with Gasteiger partial charge in [-0.05, 0) is 30.7 Å². The smallest absolute Gasteiger partial charge is 0.416 e. The van der Waals surface area contributed by atoms with Crippen LogP contribution < -0.4 is 4.74 Å². The largest absolute Gasteiger partial charge is 0.435 e. The first-order valence-electron chi connectivity index (χ1n) is 4.84. The van der Waals surface area contributed by atoms with E-state index in [-0.39, 0.29) is 17.8 Å². The van der Waals surface area contributed by atoms with Gasteiger partial charge in [0.15, 0.2) is 0 Å². The van der Waals surface area contributed by atoms with Gasteiger partial charge in [-0.3, -0.25) is 4.79 Å². The molecule has 1 aromatic carbocycles. The summed E-state index contributed by atoms with van der Waals surface area (Å²) in [7, 11) is 0. The average Bonchev–Trinajstić information content (AvgIpc) is 2.13. The standard InChI is InChI=1S/C11H9F5O2/c1-6(17)2-7-3-8(11(14,15)16)5-9(4-7)18-10(12)13/h3-5,10H,2H2,1H3. The van der Waals surface area contributed by atoms with Crippen LogP contribution in [-0.4, -0.2) is 12.4 Å². The lowest BCUT2D eigenvalue weighted by atomic mass is 10.1. The van der Waals surface area contributed by atoms with Gasteiger partial charge in [0.05, 0.1) is 5.56 Å². The zero-order valence-corrected chi connectivity index (χ0v) is 9.22. The third kappa shape index (κ3) is 4.31. The number of hydrogen-bond donors (Lipinski definition) is 0. The van der Waals surface area contributed by atoms with Gasteiger partial charge >= 0.3 is 12.8 Å². The quantitative estimate of drug-likeness (QED) is 0.782. The van der Waals surface area contributed by atoms with Crippen molar-refractivity contribution in [3.05, 3.63) is 29.3 Å². The molecular formula is C11H9F5O2. The fraction of sp³-hybridized carbons (Fsp3) is 0.364. The minimum absolute atomic E-state index is 0.0204. The van der Waals surface area contributed by atoms with Gasteiger partial charge in [-0.15, -0.1) is 0 Å². The van der Waals surface area contributed by atoms with Gasteiger partial charge in [-0.25, -0.2) is 0 Å². The highest BCUT2D eigenvalue weighted by atomic mass is 19.4. The van der Waals surface area contributed by atoms with Crippen molar-refractivity contribution in [1.82, 2.24) is 0 Å². The Labute approximate surface area is 99.4 Å². The maximum absolute atomic E-state index is 12.5. The molecule has 2 nitrogen and oxygen atoms in total. The highest BCUT2D eigenvalue weighted by Crippen LogP contribution is 2.33. The fourth-order valence-electron chi connectivity index (χ4n) is 1.38. The second kappa shape index (κ2) is 5.32.